The highest BCUT2D eigenvalue weighted by molar-refractivity contribution is 7.92. The number of aryl methyl sites for hydroxylation is 2. The molecule has 0 radical (unpaired) electrons. The monoisotopic (exact) mass is 446 g/mol. The number of rotatable bonds is 6. The van der Waals surface area contributed by atoms with Crippen molar-refractivity contribution in [1.29, 1.82) is 0 Å². The van der Waals surface area contributed by atoms with Gasteiger partial charge in [-0.15, -0.1) is 0 Å². The number of hydrogen-bond donors (Lipinski definition) is 2. The van der Waals surface area contributed by atoms with Crippen molar-refractivity contribution in [2.24, 2.45) is 5.92 Å². The minimum absolute atomic E-state index is 0.0772. The Bertz CT molecular complexity index is 1060. The van der Waals surface area contributed by atoms with Gasteiger partial charge in [-0.05, 0) is 51.3 Å². The smallest absolute Gasteiger partial charge is 0.267 e. The number of nitrogens with one attached hydrogen (secondary N) is 2. The fourth-order valence-electron chi connectivity index (χ4n) is 4.46. The molecule has 2 aromatic rings. The molecule has 0 spiro atoms. The largest absolute Gasteiger partial charge is 0.463 e. The average molecular weight is 447 g/mol. The van der Waals surface area contributed by atoms with E-state index >= 15 is 0 Å². The SMILES string of the molecule is CCN(c1cccc(C)c1)S(=O)(=O)c1cc(C2NNCC2C(=O)N2CCCC2)oc1C. The van der Waals surface area contributed by atoms with Crippen molar-refractivity contribution in [3.05, 3.63) is 47.4 Å². The molecule has 1 aromatic carbocycles. The first kappa shape index (κ1) is 21.9. The zero-order valence-electron chi connectivity index (χ0n) is 18.2. The summed E-state index contributed by atoms with van der Waals surface area (Å²) in [6.45, 7) is 7.73. The molecule has 4 rings (SSSR count). The zero-order valence-corrected chi connectivity index (χ0v) is 19.0. The van der Waals surface area contributed by atoms with Crippen molar-refractivity contribution >= 4 is 21.6 Å². The molecule has 2 aliphatic heterocycles. The molecule has 2 atom stereocenters. The number of benzene rings is 1. The number of hydrazine groups is 1. The lowest BCUT2D eigenvalue weighted by molar-refractivity contribution is -0.134. The maximum absolute atomic E-state index is 13.5. The number of furan rings is 1. The van der Waals surface area contributed by atoms with Crippen molar-refractivity contribution < 1.29 is 17.6 Å². The van der Waals surface area contributed by atoms with Crippen LogP contribution in [-0.2, 0) is 14.8 Å². The van der Waals surface area contributed by atoms with E-state index in [9.17, 15) is 13.2 Å². The maximum Gasteiger partial charge on any atom is 0.267 e. The quantitative estimate of drug-likeness (QED) is 0.708. The van der Waals surface area contributed by atoms with E-state index in [1.807, 2.05) is 36.9 Å². The molecule has 2 fully saturated rings. The second kappa shape index (κ2) is 8.64. The van der Waals surface area contributed by atoms with Gasteiger partial charge in [-0.25, -0.2) is 13.8 Å². The van der Waals surface area contributed by atoms with Crippen LogP contribution in [0, 0.1) is 19.8 Å². The molecule has 1 amide bonds. The Labute approximate surface area is 183 Å². The lowest BCUT2D eigenvalue weighted by Crippen LogP contribution is -2.37. The Kier molecular flexibility index (Phi) is 6.09. The van der Waals surface area contributed by atoms with Crippen molar-refractivity contribution in [3.63, 3.8) is 0 Å². The van der Waals surface area contributed by atoms with Crippen molar-refractivity contribution in [3.8, 4) is 0 Å². The zero-order chi connectivity index (χ0) is 22.2. The van der Waals surface area contributed by atoms with Crippen molar-refractivity contribution in [2.45, 2.75) is 44.6 Å². The van der Waals surface area contributed by atoms with Gasteiger partial charge >= 0.3 is 0 Å². The van der Waals surface area contributed by atoms with E-state index in [1.165, 1.54) is 4.31 Å². The number of carbonyl (C=O) groups excluding carboxylic acids is 1. The van der Waals surface area contributed by atoms with Gasteiger partial charge in [-0.1, -0.05) is 12.1 Å². The fraction of sp³-hybridized carbons (Fsp3) is 0.500. The Morgan fingerprint density at radius 1 is 1.23 bits per heavy atom. The van der Waals surface area contributed by atoms with Gasteiger partial charge in [0.2, 0.25) is 5.91 Å². The number of sulfonamides is 1. The Morgan fingerprint density at radius 3 is 2.65 bits per heavy atom. The highest BCUT2D eigenvalue weighted by Crippen LogP contribution is 2.34. The minimum Gasteiger partial charge on any atom is -0.463 e. The summed E-state index contributed by atoms with van der Waals surface area (Å²) in [5.41, 5.74) is 7.75. The number of carbonyl (C=O) groups is 1. The van der Waals surface area contributed by atoms with Gasteiger partial charge in [0.05, 0.1) is 17.6 Å². The normalized spacial score (nSPS) is 21.6. The molecule has 2 aliphatic rings. The lowest BCUT2D eigenvalue weighted by atomic mass is 9.98. The van der Waals surface area contributed by atoms with E-state index < -0.39 is 16.1 Å². The molecule has 8 nitrogen and oxygen atoms in total. The van der Waals surface area contributed by atoms with Gasteiger partial charge < -0.3 is 9.32 Å². The summed E-state index contributed by atoms with van der Waals surface area (Å²) in [5.74, 6) is 0.521. The Hall–Kier alpha value is -2.36. The third kappa shape index (κ3) is 4.09. The maximum atomic E-state index is 13.5. The molecule has 2 N–H and O–H groups in total. The van der Waals surface area contributed by atoms with Crippen LogP contribution in [0.5, 0.6) is 0 Å². The van der Waals surface area contributed by atoms with Crippen LogP contribution in [-0.4, -0.2) is 45.4 Å². The van der Waals surface area contributed by atoms with Gasteiger partial charge in [0.25, 0.3) is 10.0 Å². The topological polar surface area (TPSA) is 94.9 Å². The van der Waals surface area contributed by atoms with Crippen LogP contribution in [0.2, 0.25) is 0 Å². The standard InChI is InChI=1S/C22H30N4O4S/c1-4-26(17-9-7-8-15(2)12-17)31(28,29)20-13-19(30-16(20)3)21-18(14-23-24-21)22(27)25-10-5-6-11-25/h7-9,12-13,18,21,23-24H,4-6,10-11,14H2,1-3H3. The van der Waals surface area contributed by atoms with E-state index in [0.717, 1.165) is 31.5 Å². The van der Waals surface area contributed by atoms with E-state index in [0.29, 0.717) is 30.3 Å². The summed E-state index contributed by atoms with van der Waals surface area (Å²) in [4.78, 5) is 15.0. The molecular weight excluding hydrogens is 416 g/mol. The van der Waals surface area contributed by atoms with E-state index in [4.69, 9.17) is 4.42 Å². The van der Waals surface area contributed by atoms with Gasteiger partial charge in [0, 0.05) is 32.2 Å². The summed E-state index contributed by atoms with van der Waals surface area (Å²) in [5, 5.41) is 0. The van der Waals surface area contributed by atoms with E-state index in [-0.39, 0.29) is 16.7 Å². The molecular formula is C22H30N4O4S. The first-order chi connectivity index (χ1) is 14.8. The van der Waals surface area contributed by atoms with Crippen LogP contribution in [0.1, 0.15) is 42.9 Å². The van der Waals surface area contributed by atoms with Crippen LogP contribution in [0.15, 0.2) is 39.6 Å². The summed E-state index contributed by atoms with van der Waals surface area (Å²) >= 11 is 0. The van der Waals surface area contributed by atoms with Crippen LogP contribution < -0.4 is 15.2 Å². The Morgan fingerprint density at radius 2 is 1.97 bits per heavy atom. The second-order valence-corrected chi connectivity index (χ2v) is 10.1. The van der Waals surface area contributed by atoms with Gasteiger partial charge in [0.15, 0.2) is 0 Å². The predicted octanol–water partition coefficient (Wildman–Crippen LogP) is 2.50. The molecule has 3 heterocycles. The molecule has 0 saturated carbocycles. The average Bonchev–Trinajstić information content (AvgIpc) is 3.48. The van der Waals surface area contributed by atoms with Gasteiger partial charge in [-0.3, -0.25) is 14.5 Å². The number of likely N-dealkylation sites (tertiary alicyclic amines) is 1. The van der Waals surface area contributed by atoms with Gasteiger partial charge in [0.1, 0.15) is 16.4 Å². The van der Waals surface area contributed by atoms with Crippen molar-refractivity contribution in [2.75, 3.05) is 30.5 Å². The molecule has 1 aromatic heterocycles. The summed E-state index contributed by atoms with van der Waals surface area (Å²) in [6, 6.07) is 8.57. The number of amides is 1. The second-order valence-electron chi connectivity index (χ2n) is 8.22. The van der Waals surface area contributed by atoms with Crippen LogP contribution in [0.3, 0.4) is 0 Å². The highest BCUT2D eigenvalue weighted by Gasteiger charge is 2.40. The van der Waals surface area contributed by atoms with Crippen LogP contribution in [0.25, 0.3) is 0 Å². The van der Waals surface area contributed by atoms with Crippen LogP contribution >= 0.6 is 0 Å². The van der Waals surface area contributed by atoms with Crippen LogP contribution in [0.4, 0.5) is 5.69 Å². The first-order valence-corrected chi connectivity index (χ1v) is 12.2. The predicted molar refractivity (Wildman–Crippen MR) is 118 cm³/mol. The number of hydrogen-bond acceptors (Lipinski definition) is 6. The summed E-state index contributed by atoms with van der Waals surface area (Å²) in [6.07, 6.45) is 2.05. The van der Waals surface area contributed by atoms with E-state index in [2.05, 4.69) is 10.9 Å². The highest BCUT2D eigenvalue weighted by atomic mass is 32.2. The van der Waals surface area contributed by atoms with E-state index in [1.54, 1.807) is 19.1 Å². The third-order valence-electron chi connectivity index (χ3n) is 6.06. The first-order valence-electron chi connectivity index (χ1n) is 10.8. The summed E-state index contributed by atoms with van der Waals surface area (Å²) < 4.78 is 34.3. The molecule has 0 bridgehead atoms. The molecule has 2 unspecified atom stereocenters. The third-order valence-corrected chi connectivity index (χ3v) is 8.07. The molecule has 168 valence electrons. The fourth-order valence-corrected chi connectivity index (χ4v) is 6.10. The number of anilines is 1. The lowest BCUT2D eigenvalue weighted by Gasteiger charge is -2.23. The summed E-state index contributed by atoms with van der Waals surface area (Å²) in [7, 11) is -3.82. The molecule has 2 saturated heterocycles. The number of nitrogens with zero attached hydrogens (tertiary/aromatic N) is 2. The van der Waals surface area contributed by atoms with Gasteiger partial charge in [-0.2, -0.15) is 0 Å². The minimum atomic E-state index is -3.82. The molecule has 9 heteroatoms. The molecule has 0 aliphatic carbocycles. The van der Waals surface area contributed by atoms with Crippen molar-refractivity contribution in [1.82, 2.24) is 15.8 Å². The Balaban J connectivity index is 1.64. The molecule has 31 heavy (non-hydrogen) atoms.